The fourth-order valence-electron chi connectivity index (χ4n) is 4.26. The molecular weight excluding hydrogens is 460 g/mol. The Kier molecular flexibility index (Phi) is 10.5. The molecule has 0 bridgehead atoms. The molecule has 0 saturated carbocycles. The maximum atomic E-state index is 13.3. The molecule has 196 valence electrons. The highest BCUT2D eigenvalue weighted by Gasteiger charge is 2.20. The second-order valence-corrected chi connectivity index (χ2v) is 8.70. The van der Waals surface area contributed by atoms with E-state index in [9.17, 15) is 4.79 Å². The van der Waals surface area contributed by atoms with Gasteiger partial charge in [0.05, 0.1) is 35.0 Å². The zero-order chi connectivity index (χ0) is 25.9. The number of hydrogen-bond donors (Lipinski definition) is 1. The van der Waals surface area contributed by atoms with Crippen LogP contribution in [0.3, 0.4) is 0 Å². The van der Waals surface area contributed by atoms with Crippen LogP contribution in [0, 0.1) is 0 Å². The maximum Gasteiger partial charge on any atom is 0.193 e. The number of methoxy groups -OCH3 is 4. The second-order valence-electron chi connectivity index (χ2n) is 8.70. The zero-order valence-corrected chi connectivity index (χ0v) is 22.0. The Bertz CT molecular complexity index is 1040. The van der Waals surface area contributed by atoms with Gasteiger partial charge in [-0.25, -0.2) is 0 Å². The minimum absolute atomic E-state index is 0.228. The lowest BCUT2D eigenvalue weighted by Crippen LogP contribution is -2.49. The summed E-state index contributed by atoms with van der Waals surface area (Å²) in [6, 6.07) is 9.44. The monoisotopic (exact) mass is 498 g/mol. The summed E-state index contributed by atoms with van der Waals surface area (Å²) in [6.45, 7) is 3.65. The summed E-state index contributed by atoms with van der Waals surface area (Å²) in [5.41, 5.74) is 1.17. The van der Waals surface area contributed by atoms with Crippen molar-refractivity contribution in [3.05, 3.63) is 47.5 Å². The summed E-state index contributed by atoms with van der Waals surface area (Å²) in [5, 5.41) is 3.46. The van der Waals surface area contributed by atoms with Crippen LogP contribution in [-0.4, -0.2) is 78.5 Å². The average Bonchev–Trinajstić information content (AvgIpc) is 2.91. The van der Waals surface area contributed by atoms with Gasteiger partial charge in [0.15, 0.2) is 17.3 Å². The third-order valence-corrected chi connectivity index (χ3v) is 6.41. The minimum Gasteiger partial charge on any atom is -0.496 e. The van der Waals surface area contributed by atoms with E-state index in [0.29, 0.717) is 47.0 Å². The van der Waals surface area contributed by atoms with Crippen molar-refractivity contribution in [2.24, 2.45) is 0 Å². The molecule has 36 heavy (non-hydrogen) atoms. The lowest BCUT2D eigenvalue weighted by atomic mass is 10.1. The molecule has 2 aromatic carbocycles. The quantitative estimate of drug-likeness (QED) is 0.252. The van der Waals surface area contributed by atoms with Crippen LogP contribution in [0.4, 0.5) is 0 Å². The van der Waals surface area contributed by atoms with Gasteiger partial charge in [-0.2, -0.15) is 0 Å². The molecule has 1 aliphatic rings. The first-order valence-corrected chi connectivity index (χ1v) is 12.2. The number of nitrogens with zero attached hydrogens (tertiary/aromatic N) is 1. The van der Waals surface area contributed by atoms with Crippen molar-refractivity contribution in [1.29, 1.82) is 0 Å². The molecular formula is C28H38N2O6. The zero-order valence-electron chi connectivity index (χ0n) is 22.0. The summed E-state index contributed by atoms with van der Waals surface area (Å²) in [5.74, 6) is 2.41. The lowest BCUT2D eigenvalue weighted by Gasteiger charge is -2.33. The van der Waals surface area contributed by atoms with Crippen LogP contribution in [0.2, 0.25) is 0 Å². The number of ether oxygens (including phenoxy) is 5. The topological polar surface area (TPSA) is 78.5 Å². The number of likely N-dealkylation sites (N-methyl/N-ethyl adjacent to an activating group) is 1. The van der Waals surface area contributed by atoms with Crippen LogP contribution in [0.15, 0.2) is 36.4 Å². The van der Waals surface area contributed by atoms with Crippen LogP contribution in [0.25, 0.3) is 6.08 Å². The van der Waals surface area contributed by atoms with Crippen molar-refractivity contribution in [2.75, 3.05) is 61.7 Å². The van der Waals surface area contributed by atoms with Gasteiger partial charge in [-0.15, -0.1) is 0 Å². The number of carbonyl (C=O) groups is 1. The van der Waals surface area contributed by atoms with Crippen molar-refractivity contribution in [3.63, 3.8) is 0 Å². The highest BCUT2D eigenvalue weighted by molar-refractivity contribution is 6.10. The van der Waals surface area contributed by atoms with E-state index in [4.69, 9.17) is 23.7 Å². The average molecular weight is 499 g/mol. The Morgan fingerprint density at radius 3 is 2.42 bits per heavy atom. The molecule has 0 aliphatic carbocycles. The third kappa shape index (κ3) is 7.15. The first-order valence-electron chi connectivity index (χ1n) is 12.2. The van der Waals surface area contributed by atoms with Crippen LogP contribution in [0.1, 0.15) is 35.2 Å². The highest BCUT2D eigenvalue weighted by atomic mass is 16.5. The molecule has 0 spiro atoms. The van der Waals surface area contributed by atoms with Crippen molar-refractivity contribution in [3.8, 4) is 28.7 Å². The fraction of sp³-hybridized carbons (Fsp3) is 0.464. The number of rotatable bonds is 13. The van der Waals surface area contributed by atoms with E-state index >= 15 is 0 Å². The molecule has 2 aromatic rings. The predicted octanol–water partition coefficient (Wildman–Crippen LogP) is 4.07. The molecule has 8 heteroatoms. The molecule has 1 atom stereocenters. The first-order chi connectivity index (χ1) is 17.5. The van der Waals surface area contributed by atoms with Gasteiger partial charge in [0.2, 0.25) is 0 Å². The van der Waals surface area contributed by atoms with Crippen LogP contribution in [-0.2, 0) is 0 Å². The molecule has 1 saturated heterocycles. The number of unbranched alkanes of at least 4 members (excludes halogenated alkanes) is 1. The second kappa shape index (κ2) is 13.8. The van der Waals surface area contributed by atoms with E-state index in [1.807, 2.05) is 12.1 Å². The van der Waals surface area contributed by atoms with E-state index in [2.05, 4.69) is 17.3 Å². The number of ketones is 1. The molecule has 0 aromatic heterocycles. The SMILES string of the molecule is COc1cc(OC)c(C(=O)C=Cc2ccc(OC)c(OC)c2)c(OCCCCC2CNCCN2C)c1. The lowest BCUT2D eigenvalue weighted by molar-refractivity contribution is 0.104. The van der Waals surface area contributed by atoms with E-state index in [0.717, 1.165) is 44.5 Å². The van der Waals surface area contributed by atoms with Gasteiger partial charge in [-0.05, 0) is 50.1 Å². The number of benzene rings is 2. The van der Waals surface area contributed by atoms with Gasteiger partial charge < -0.3 is 33.9 Å². The maximum absolute atomic E-state index is 13.3. The summed E-state index contributed by atoms with van der Waals surface area (Å²) in [6.07, 6.45) is 6.27. The number of hydrogen-bond acceptors (Lipinski definition) is 8. The molecule has 1 fully saturated rings. The number of carbonyl (C=O) groups excluding carboxylic acids is 1. The van der Waals surface area contributed by atoms with Gasteiger partial charge in [0.1, 0.15) is 22.8 Å². The van der Waals surface area contributed by atoms with E-state index in [1.165, 1.54) is 13.2 Å². The summed E-state index contributed by atoms with van der Waals surface area (Å²) in [7, 11) is 8.44. The van der Waals surface area contributed by atoms with Crippen molar-refractivity contribution < 1.29 is 28.5 Å². The van der Waals surface area contributed by atoms with E-state index < -0.39 is 0 Å². The number of allylic oxidation sites excluding steroid dienone is 1. The largest absolute Gasteiger partial charge is 0.496 e. The first kappa shape index (κ1) is 27.4. The van der Waals surface area contributed by atoms with Gasteiger partial charge in [-0.3, -0.25) is 4.79 Å². The van der Waals surface area contributed by atoms with Crippen molar-refractivity contribution in [2.45, 2.75) is 25.3 Å². The third-order valence-electron chi connectivity index (χ3n) is 6.41. The van der Waals surface area contributed by atoms with Gasteiger partial charge in [0, 0.05) is 37.8 Å². The normalized spacial score (nSPS) is 16.1. The molecule has 1 heterocycles. The Morgan fingerprint density at radius 1 is 0.972 bits per heavy atom. The molecule has 8 nitrogen and oxygen atoms in total. The number of nitrogens with one attached hydrogen (secondary N) is 1. The predicted molar refractivity (Wildman–Crippen MR) is 141 cm³/mol. The smallest absolute Gasteiger partial charge is 0.193 e. The van der Waals surface area contributed by atoms with E-state index in [-0.39, 0.29) is 5.78 Å². The van der Waals surface area contributed by atoms with Crippen molar-refractivity contribution >= 4 is 11.9 Å². The number of piperazine rings is 1. The standard InChI is InChI=1S/C28H38N2O6/c1-30-14-13-29-19-21(30)8-6-7-15-36-27-18-22(32-2)17-26(35-5)28(27)23(31)11-9-20-10-12-24(33-3)25(16-20)34-4/h9-12,16-18,21,29H,6-8,13-15,19H2,1-5H3. The minimum atomic E-state index is -0.228. The summed E-state index contributed by atoms with van der Waals surface area (Å²) in [4.78, 5) is 15.7. The Hall–Kier alpha value is -3.23. The van der Waals surface area contributed by atoms with Gasteiger partial charge in [0.25, 0.3) is 0 Å². The molecule has 1 unspecified atom stereocenters. The molecule has 0 amide bonds. The Labute approximate surface area is 214 Å². The van der Waals surface area contributed by atoms with E-state index in [1.54, 1.807) is 45.6 Å². The highest BCUT2D eigenvalue weighted by Crippen LogP contribution is 2.35. The molecule has 0 radical (unpaired) electrons. The Balaban J connectivity index is 1.71. The van der Waals surface area contributed by atoms with Gasteiger partial charge >= 0.3 is 0 Å². The van der Waals surface area contributed by atoms with Crippen LogP contribution < -0.4 is 29.0 Å². The fourth-order valence-corrected chi connectivity index (χ4v) is 4.26. The summed E-state index contributed by atoms with van der Waals surface area (Å²) < 4.78 is 27.7. The molecule has 1 aliphatic heterocycles. The summed E-state index contributed by atoms with van der Waals surface area (Å²) >= 11 is 0. The Morgan fingerprint density at radius 2 is 1.72 bits per heavy atom. The molecule has 3 rings (SSSR count). The van der Waals surface area contributed by atoms with Crippen LogP contribution >= 0.6 is 0 Å². The van der Waals surface area contributed by atoms with Crippen LogP contribution in [0.5, 0.6) is 28.7 Å². The van der Waals surface area contributed by atoms with Crippen molar-refractivity contribution in [1.82, 2.24) is 10.2 Å². The van der Waals surface area contributed by atoms with Gasteiger partial charge in [-0.1, -0.05) is 12.1 Å². The molecule has 1 N–H and O–H groups in total.